The summed E-state index contributed by atoms with van der Waals surface area (Å²) in [7, 11) is 0. The second kappa shape index (κ2) is 7.79. The number of likely N-dealkylation sites (N-methyl/N-ethyl adjacent to an activating group) is 1. The SMILES string of the molecule is CCc1cc(CN(CC)C(CC)(CC)CN)n(CC)n1. The molecule has 4 heteroatoms. The van der Waals surface area contributed by atoms with Crippen LogP contribution < -0.4 is 5.73 Å². The lowest BCUT2D eigenvalue weighted by atomic mass is 9.90. The van der Waals surface area contributed by atoms with E-state index in [2.05, 4.69) is 55.4 Å². The van der Waals surface area contributed by atoms with Gasteiger partial charge in [-0.25, -0.2) is 0 Å². The van der Waals surface area contributed by atoms with Crippen LogP contribution in [0.3, 0.4) is 0 Å². The Bertz CT molecular complexity index is 385. The molecule has 0 spiro atoms. The predicted octanol–water partition coefficient (Wildman–Crippen LogP) is 2.80. The van der Waals surface area contributed by atoms with E-state index in [1.165, 1.54) is 11.4 Å². The largest absolute Gasteiger partial charge is 0.329 e. The van der Waals surface area contributed by atoms with Crippen molar-refractivity contribution >= 4 is 0 Å². The monoisotopic (exact) mass is 280 g/mol. The van der Waals surface area contributed by atoms with Crippen molar-refractivity contribution < 1.29 is 0 Å². The summed E-state index contributed by atoms with van der Waals surface area (Å²) in [5, 5.41) is 4.65. The maximum atomic E-state index is 6.10. The van der Waals surface area contributed by atoms with Crippen molar-refractivity contribution in [2.24, 2.45) is 5.73 Å². The Kier molecular flexibility index (Phi) is 6.69. The molecule has 0 saturated carbocycles. The summed E-state index contributed by atoms with van der Waals surface area (Å²) < 4.78 is 2.13. The molecule has 1 rings (SSSR count). The topological polar surface area (TPSA) is 47.1 Å². The maximum absolute atomic E-state index is 6.10. The highest BCUT2D eigenvalue weighted by atomic mass is 15.3. The van der Waals surface area contributed by atoms with Gasteiger partial charge in [-0.3, -0.25) is 9.58 Å². The molecule has 0 saturated heterocycles. The molecule has 0 radical (unpaired) electrons. The highest BCUT2D eigenvalue weighted by molar-refractivity contribution is 5.11. The van der Waals surface area contributed by atoms with Crippen LogP contribution in [0.1, 0.15) is 58.8 Å². The molecular formula is C16H32N4. The summed E-state index contributed by atoms with van der Waals surface area (Å²) >= 11 is 0. The Morgan fingerprint density at radius 2 is 1.85 bits per heavy atom. The Morgan fingerprint density at radius 1 is 1.20 bits per heavy atom. The molecule has 0 atom stereocenters. The first-order valence-electron chi connectivity index (χ1n) is 8.11. The third kappa shape index (κ3) is 3.41. The highest BCUT2D eigenvalue weighted by Gasteiger charge is 2.31. The van der Waals surface area contributed by atoms with Gasteiger partial charge in [-0.2, -0.15) is 5.10 Å². The van der Waals surface area contributed by atoms with E-state index in [4.69, 9.17) is 5.73 Å². The molecule has 2 N–H and O–H groups in total. The van der Waals surface area contributed by atoms with Crippen LogP contribution in [0.2, 0.25) is 0 Å². The van der Waals surface area contributed by atoms with Gasteiger partial charge in [0, 0.05) is 25.2 Å². The van der Waals surface area contributed by atoms with Crippen LogP contribution in [-0.2, 0) is 19.5 Å². The molecular weight excluding hydrogens is 248 g/mol. The van der Waals surface area contributed by atoms with Gasteiger partial charge in [-0.1, -0.05) is 27.7 Å². The summed E-state index contributed by atoms with van der Waals surface area (Å²) in [6, 6.07) is 2.25. The van der Waals surface area contributed by atoms with Gasteiger partial charge in [0.05, 0.1) is 11.4 Å². The fourth-order valence-corrected chi connectivity index (χ4v) is 3.01. The Morgan fingerprint density at radius 3 is 2.25 bits per heavy atom. The van der Waals surface area contributed by atoms with E-state index in [0.717, 1.165) is 45.4 Å². The molecule has 0 amide bonds. The second-order valence-corrected chi connectivity index (χ2v) is 5.45. The molecule has 0 unspecified atom stereocenters. The Hall–Kier alpha value is -0.870. The van der Waals surface area contributed by atoms with Gasteiger partial charge < -0.3 is 5.73 Å². The predicted molar refractivity (Wildman–Crippen MR) is 85.7 cm³/mol. The lowest BCUT2D eigenvalue weighted by molar-refractivity contribution is 0.0799. The van der Waals surface area contributed by atoms with Crippen molar-refractivity contribution in [2.45, 2.75) is 72.5 Å². The van der Waals surface area contributed by atoms with E-state index >= 15 is 0 Å². The van der Waals surface area contributed by atoms with Crippen molar-refractivity contribution in [3.05, 3.63) is 17.5 Å². The van der Waals surface area contributed by atoms with Gasteiger partial charge in [-0.05, 0) is 38.8 Å². The molecule has 1 aromatic heterocycles. The van der Waals surface area contributed by atoms with Crippen LogP contribution >= 0.6 is 0 Å². The number of rotatable bonds is 9. The molecule has 20 heavy (non-hydrogen) atoms. The van der Waals surface area contributed by atoms with Gasteiger partial charge in [0.1, 0.15) is 0 Å². The minimum atomic E-state index is 0.115. The lowest BCUT2D eigenvalue weighted by Crippen LogP contribution is -2.52. The number of hydrogen-bond donors (Lipinski definition) is 1. The standard InChI is InChI=1S/C16H32N4/c1-6-14-11-15(20(10-5)18-14)12-19(9-4)16(7-2,8-3)13-17/h11H,6-10,12-13,17H2,1-5H3. The van der Waals surface area contributed by atoms with E-state index in [-0.39, 0.29) is 5.54 Å². The molecule has 0 aliphatic heterocycles. The summed E-state index contributed by atoms with van der Waals surface area (Å²) in [4.78, 5) is 2.52. The summed E-state index contributed by atoms with van der Waals surface area (Å²) in [6.45, 7) is 14.6. The average Bonchev–Trinajstić information content (AvgIpc) is 2.90. The normalized spacial score (nSPS) is 12.3. The van der Waals surface area contributed by atoms with E-state index in [1.807, 2.05) is 0 Å². The van der Waals surface area contributed by atoms with E-state index in [9.17, 15) is 0 Å². The molecule has 116 valence electrons. The number of aryl methyl sites for hydroxylation is 2. The summed E-state index contributed by atoms with van der Waals surface area (Å²) in [5.41, 5.74) is 8.71. The molecule has 0 aromatic carbocycles. The van der Waals surface area contributed by atoms with Crippen molar-refractivity contribution in [1.82, 2.24) is 14.7 Å². The minimum absolute atomic E-state index is 0.115. The van der Waals surface area contributed by atoms with E-state index in [0.29, 0.717) is 0 Å². The van der Waals surface area contributed by atoms with E-state index in [1.54, 1.807) is 0 Å². The average molecular weight is 280 g/mol. The molecule has 0 aliphatic rings. The van der Waals surface area contributed by atoms with Crippen molar-refractivity contribution in [1.29, 1.82) is 0 Å². The van der Waals surface area contributed by atoms with Crippen LogP contribution in [0, 0.1) is 0 Å². The first-order chi connectivity index (χ1) is 9.60. The van der Waals surface area contributed by atoms with Gasteiger partial charge in [0.15, 0.2) is 0 Å². The number of nitrogens with zero attached hydrogens (tertiary/aromatic N) is 3. The molecule has 1 aromatic rings. The number of aromatic nitrogens is 2. The third-order valence-corrected chi connectivity index (χ3v) is 4.68. The smallest absolute Gasteiger partial charge is 0.0625 e. The van der Waals surface area contributed by atoms with Crippen LogP contribution in [0.5, 0.6) is 0 Å². The summed E-state index contributed by atoms with van der Waals surface area (Å²) in [5.74, 6) is 0. The Labute approximate surface area is 124 Å². The minimum Gasteiger partial charge on any atom is -0.329 e. The zero-order valence-corrected chi connectivity index (χ0v) is 13.9. The van der Waals surface area contributed by atoms with E-state index < -0.39 is 0 Å². The number of nitrogens with two attached hydrogens (primary N) is 1. The molecule has 4 nitrogen and oxygen atoms in total. The quantitative estimate of drug-likeness (QED) is 0.756. The molecule has 0 aliphatic carbocycles. The zero-order chi connectivity index (χ0) is 15.2. The third-order valence-electron chi connectivity index (χ3n) is 4.68. The first-order valence-corrected chi connectivity index (χ1v) is 8.11. The van der Waals surface area contributed by atoms with Crippen molar-refractivity contribution in [3.63, 3.8) is 0 Å². The lowest BCUT2D eigenvalue weighted by Gasteiger charge is -2.42. The van der Waals surface area contributed by atoms with Crippen LogP contribution in [0.25, 0.3) is 0 Å². The van der Waals surface area contributed by atoms with Gasteiger partial charge in [0.25, 0.3) is 0 Å². The van der Waals surface area contributed by atoms with Crippen LogP contribution in [-0.4, -0.2) is 33.3 Å². The fourth-order valence-electron chi connectivity index (χ4n) is 3.01. The van der Waals surface area contributed by atoms with Crippen LogP contribution in [0.4, 0.5) is 0 Å². The molecule has 1 heterocycles. The molecule has 0 fully saturated rings. The van der Waals surface area contributed by atoms with Crippen LogP contribution in [0.15, 0.2) is 6.07 Å². The Balaban J connectivity index is 3.00. The van der Waals surface area contributed by atoms with Gasteiger partial charge >= 0.3 is 0 Å². The van der Waals surface area contributed by atoms with Crippen molar-refractivity contribution in [3.8, 4) is 0 Å². The van der Waals surface area contributed by atoms with Gasteiger partial charge in [-0.15, -0.1) is 0 Å². The summed E-state index contributed by atoms with van der Waals surface area (Å²) in [6.07, 6.45) is 3.18. The molecule has 0 bridgehead atoms. The van der Waals surface area contributed by atoms with Crippen molar-refractivity contribution in [2.75, 3.05) is 13.1 Å². The first kappa shape index (κ1) is 17.2. The fraction of sp³-hybridized carbons (Fsp3) is 0.812. The maximum Gasteiger partial charge on any atom is 0.0625 e. The zero-order valence-electron chi connectivity index (χ0n) is 13.9. The van der Waals surface area contributed by atoms with Gasteiger partial charge in [0.2, 0.25) is 0 Å². The number of hydrogen-bond acceptors (Lipinski definition) is 3. The second-order valence-electron chi connectivity index (χ2n) is 5.45. The highest BCUT2D eigenvalue weighted by Crippen LogP contribution is 2.25.